The zero-order chi connectivity index (χ0) is 17.3. The molecule has 0 aliphatic rings. The molecule has 2 N–H and O–H groups in total. The summed E-state index contributed by atoms with van der Waals surface area (Å²) in [5.41, 5.74) is 0.761. The van der Waals surface area contributed by atoms with E-state index in [9.17, 15) is 8.42 Å². The summed E-state index contributed by atoms with van der Waals surface area (Å²) in [7, 11) is 0.194. The number of sulfone groups is 1. The van der Waals surface area contributed by atoms with Crippen LogP contribution in [0.2, 0.25) is 0 Å². The van der Waals surface area contributed by atoms with Gasteiger partial charge in [0.1, 0.15) is 0 Å². The number of benzene rings is 1. The van der Waals surface area contributed by atoms with Gasteiger partial charge in [-0.1, -0.05) is 6.92 Å². The van der Waals surface area contributed by atoms with E-state index < -0.39 is 9.84 Å². The number of guanidine groups is 1. The lowest BCUT2D eigenvalue weighted by molar-refractivity contribution is 0.311. The second-order valence-corrected chi connectivity index (χ2v) is 7.13. The van der Waals surface area contributed by atoms with Crippen molar-refractivity contribution in [3.8, 4) is 11.5 Å². The Morgan fingerprint density at radius 2 is 2.00 bits per heavy atom. The summed E-state index contributed by atoms with van der Waals surface area (Å²) in [5.74, 6) is 1.97. The van der Waals surface area contributed by atoms with Crippen molar-refractivity contribution in [1.82, 2.24) is 5.32 Å². The molecule has 0 amide bonds. The van der Waals surface area contributed by atoms with Crippen LogP contribution in [-0.2, 0) is 9.84 Å². The predicted octanol–water partition coefficient (Wildman–Crippen LogP) is 1.52. The minimum Gasteiger partial charge on any atom is -0.493 e. The fraction of sp³-hybridized carbons (Fsp3) is 0.533. The van der Waals surface area contributed by atoms with Crippen molar-refractivity contribution in [2.24, 2.45) is 4.99 Å². The number of rotatable bonds is 8. The van der Waals surface area contributed by atoms with Crippen molar-refractivity contribution < 1.29 is 17.9 Å². The van der Waals surface area contributed by atoms with E-state index in [1.807, 2.05) is 13.0 Å². The van der Waals surface area contributed by atoms with Gasteiger partial charge in [-0.05, 0) is 19.1 Å². The highest BCUT2D eigenvalue weighted by Gasteiger charge is 2.09. The van der Waals surface area contributed by atoms with E-state index in [2.05, 4.69) is 15.6 Å². The third kappa shape index (κ3) is 6.35. The van der Waals surface area contributed by atoms with Crippen molar-refractivity contribution in [3.63, 3.8) is 0 Å². The van der Waals surface area contributed by atoms with E-state index in [0.29, 0.717) is 30.6 Å². The van der Waals surface area contributed by atoms with E-state index in [1.54, 1.807) is 33.2 Å². The third-order valence-electron chi connectivity index (χ3n) is 3.10. The van der Waals surface area contributed by atoms with Crippen LogP contribution in [0.5, 0.6) is 11.5 Å². The van der Waals surface area contributed by atoms with Gasteiger partial charge in [-0.2, -0.15) is 0 Å². The van der Waals surface area contributed by atoms with Crippen LogP contribution in [0.15, 0.2) is 23.2 Å². The Labute approximate surface area is 138 Å². The first kappa shape index (κ1) is 19.1. The van der Waals surface area contributed by atoms with E-state index in [-0.39, 0.29) is 11.5 Å². The first-order valence-corrected chi connectivity index (χ1v) is 9.26. The molecule has 1 rings (SSSR count). The highest BCUT2D eigenvalue weighted by molar-refractivity contribution is 7.91. The molecule has 0 saturated carbocycles. The maximum Gasteiger partial charge on any atom is 0.195 e. The van der Waals surface area contributed by atoms with E-state index in [1.165, 1.54) is 0 Å². The Balaban J connectivity index is 2.69. The molecular formula is C15H25N3O4S. The summed E-state index contributed by atoms with van der Waals surface area (Å²) in [6.45, 7) is 4.39. The second kappa shape index (κ2) is 9.24. The molecule has 0 fully saturated rings. The Bertz CT molecular complexity index is 630. The Kier molecular flexibility index (Phi) is 7.67. The summed E-state index contributed by atoms with van der Waals surface area (Å²) in [6, 6.07) is 5.43. The normalized spacial score (nSPS) is 11.9. The fourth-order valence-corrected chi connectivity index (χ4v) is 2.51. The zero-order valence-corrected chi connectivity index (χ0v) is 14.9. The molecule has 0 bridgehead atoms. The number of methoxy groups -OCH3 is 1. The lowest BCUT2D eigenvalue weighted by atomic mass is 10.2. The first-order chi connectivity index (χ1) is 11.0. The minimum absolute atomic E-state index is 0.0663. The average molecular weight is 343 g/mol. The van der Waals surface area contributed by atoms with Gasteiger partial charge in [0.05, 0.1) is 19.5 Å². The van der Waals surface area contributed by atoms with Crippen molar-refractivity contribution >= 4 is 21.5 Å². The predicted molar refractivity (Wildman–Crippen MR) is 93.5 cm³/mol. The number of nitrogens with zero attached hydrogens (tertiary/aromatic N) is 1. The number of hydrogen-bond donors (Lipinski definition) is 2. The van der Waals surface area contributed by atoms with E-state index >= 15 is 0 Å². The standard InChI is InChI=1S/C15H25N3O4S/c1-5-22-13-8-7-12(11-14(13)21-4)18-15(16-3)17-9-10-23(19,20)6-2/h7-8,11H,5-6,9-10H2,1-4H3,(H2,16,17,18). The topological polar surface area (TPSA) is 89.0 Å². The zero-order valence-electron chi connectivity index (χ0n) is 14.0. The summed E-state index contributed by atoms with van der Waals surface area (Å²) >= 11 is 0. The smallest absolute Gasteiger partial charge is 0.195 e. The summed E-state index contributed by atoms with van der Waals surface area (Å²) in [5, 5.41) is 6.06. The van der Waals surface area contributed by atoms with Crippen molar-refractivity contribution in [3.05, 3.63) is 18.2 Å². The van der Waals surface area contributed by atoms with Gasteiger partial charge in [-0.3, -0.25) is 4.99 Å². The average Bonchev–Trinajstić information content (AvgIpc) is 2.55. The minimum atomic E-state index is -3.00. The van der Waals surface area contributed by atoms with E-state index in [0.717, 1.165) is 5.69 Å². The number of anilines is 1. The molecule has 23 heavy (non-hydrogen) atoms. The van der Waals surface area contributed by atoms with Crippen LogP contribution in [0.4, 0.5) is 5.69 Å². The molecule has 7 nitrogen and oxygen atoms in total. The van der Waals surface area contributed by atoms with Crippen LogP contribution in [-0.4, -0.2) is 53.2 Å². The van der Waals surface area contributed by atoms with Gasteiger partial charge in [-0.25, -0.2) is 8.42 Å². The molecule has 0 aromatic heterocycles. The molecule has 0 radical (unpaired) electrons. The van der Waals surface area contributed by atoms with Crippen LogP contribution < -0.4 is 20.1 Å². The summed E-state index contributed by atoms with van der Waals surface area (Å²) in [6.07, 6.45) is 0. The summed E-state index contributed by atoms with van der Waals surface area (Å²) in [4.78, 5) is 4.07. The quantitative estimate of drug-likeness (QED) is 0.549. The highest BCUT2D eigenvalue weighted by Crippen LogP contribution is 2.30. The van der Waals surface area contributed by atoms with Gasteiger partial charge in [0.2, 0.25) is 0 Å². The van der Waals surface area contributed by atoms with Gasteiger partial charge in [0, 0.05) is 31.1 Å². The number of ether oxygens (including phenoxy) is 2. The molecular weight excluding hydrogens is 318 g/mol. The van der Waals surface area contributed by atoms with Gasteiger partial charge < -0.3 is 20.1 Å². The number of nitrogens with one attached hydrogen (secondary N) is 2. The SMILES string of the molecule is CCOc1ccc(NC(=NC)NCCS(=O)(=O)CC)cc1OC. The lowest BCUT2D eigenvalue weighted by Crippen LogP contribution is -2.34. The first-order valence-electron chi connectivity index (χ1n) is 7.44. The Morgan fingerprint density at radius 1 is 1.26 bits per heavy atom. The van der Waals surface area contributed by atoms with Crippen LogP contribution in [0.3, 0.4) is 0 Å². The monoisotopic (exact) mass is 343 g/mol. The summed E-state index contributed by atoms with van der Waals surface area (Å²) < 4.78 is 33.7. The van der Waals surface area contributed by atoms with Crippen molar-refractivity contribution in [1.29, 1.82) is 0 Å². The van der Waals surface area contributed by atoms with Crippen molar-refractivity contribution in [2.45, 2.75) is 13.8 Å². The molecule has 0 spiro atoms. The molecule has 8 heteroatoms. The number of hydrogen-bond acceptors (Lipinski definition) is 5. The van der Waals surface area contributed by atoms with Gasteiger partial charge >= 0.3 is 0 Å². The second-order valence-electron chi connectivity index (χ2n) is 4.66. The van der Waals surface area contributed by atoms with Gasteiger partial charge in [0.15, 0.2) is 27.3 Å². The maximum absolute atomic E-state index is 11.5. The highest BCUT2D eigenvalue weighted by atomic mass is 32.2. The van der Waals surface area contributed by atoms with Crippen LogP contribution in [0, 0.1) is 0 Å². The van der Waals surface area contributed by atoms with Crippen LogP contribution in [0.1, 0.15) is 13.8 Å². The molecule has 1 aromatic carbocycles. The molecule has 0 atom stereocenters. The van der Waals surface area contributed by atoms with Crippen molar-refractivity contribution in [2.75, 3.05) is 44.1 Å². The van der Waals surface area contributed by atoms with Gasteiger partial charge in [0.25, 0.3) is 0 Å². The largest absolute Gasteiger partial charge is 0.493 e. The molecule has 0 saturated heterocycles. The maximum atomic E-state index is 11.5. The molecule has 0 heterocycles. The number of aliphatic imine (C=N–C) groups is 1. The Hall–Kier alpha value is -1.96. The van der Waals surface area contributed by atoms with E-state index in [4.69, 9.17) is 9.47 Å². The molecule has 130 valence electrons. The van der Waals surface area contributed by atoms with Crippen LogP contribution in [0.25, 0.3) is 0 Å². The third-order valence-corrected chi connectivity index (χ3v) is 4.80. The fourth-order valence-electron chi connectivity index (χ4n) is 1.81. The Morgan fingerprint density at radius 3 is 2.57 bits per heavy atom. The molecule has 0 unspecified atom stereocenters. The molecule has 0 aliphatic heterocycles. The van der Waals surface area contributed by atoms with Gasteiger partial charge in [-0.15, -0.1) is 0 Å². The van der Waals surface area contributed by atoms with Crippen LogP contribution >= 0.6 is 0 Å². The molecule has 0 aliphatic carbocycles. The lowest BCUT2D eigenvalue weighted by Gasteiger charge is -2.14. The molecule has 1 aromatic rings.